The predicted molar refractivity (Wildman–Crippen MR) is 118 cm³/mol. The fourth-order valence-electron chi connectivity index (χ4n) is 3.02. The third kappa shape index (κ3) is 7.26. The molecule has 1 aromatic carbocycles. The zero-order valence-corrected chi connectivity index (χ0v) is 18.2. The highest BCUT2D eigenvalue weighted by molar-refractivity contribution is 5.97. The van der Waals surface area contributed by atoms with Crippen LogP contribution in [0.2, 0.25) is 0 Å². The van der Waals surface area contributed by atoms with E-state index < -0.39 is 0 Å². The summed E-state index contributed by atoms with van der Waals surface area (Å²) < 4.78 is 11.8. The molecule has 0 spiro atoms. The van der Waals surface area contributed by atoms with E-state index in [2.05, 4.69) is 24.0 Å². The van der Waals surface area contributed by atoms with Crippen molar-refractivity contribution in [3.05, 3.63) is 65.0 Å². The molecular weight excluding hydrogens is 364 g/mol. The molecule has 29 heavy (non-hydrogen) atoms. The fraction of sp³-hybridized carbons (Fsp3) is 0.417. The summed E-state index contributed by atoms with van der Waals surface area (Å²) in [7, 11) is 1.55. The Hall–Kier alpha value is -2.82. The maximum absolute atomic E-state index is 6.04. The molecule has 5 nitrogen and oxygen atoms in total. The summed E-state index contributed by atoms with van der Waals surface area (Å²) in [4.78, 5) is 9.31. The number of rotatable bonds is 11. The number of pyridine rings is 1. The maximum atomic E-state index is 6.04. The molecule has 156 valence electrons. The zero-order valence-electron chi connectivity index (χ0n) is 18.2. The second-order valence-electron chi connectivity index (χ2n) is 6.97. The van der Waals surface area contributed by atoms with Crippen LogP contribution in [-0.2, 0) is 11.3 Å². The molecule has 0 N–H and O–H groups in total. The minimum Gasteiger partial charge on any atom is -0.493 e. The van der Waals surface area contributed by atoms with Gasteiger partial charge in [0.05, 0.1) is 12.3 Å². The van der Waals surface area contributed by atoms with Crippen LogP contribution >= 0.6 is 0 Å². The Morgan fingerprint density at radius 3 is 2.48 bits per heavy atom. The van der Waals surface area contributed by atoms with Crippen LogP contribution in [0.25, 0.3) is 0 Å². The van der Waals surface area contributed by atoms with Crippen molar-refractivity contribution in [2.45, 2.75) is 47.0 Å². The fourth-order valence-corrected chi connectivity index (χ4v) is 3.02. The van der Waals surface area contributed by atoms with Crippen LogP contribution in [0, 0.1) is 13.8 Å². The van der Waals surface area contributed by atoms with Crippen molar-refractivity contribution in [2.75, 3.05) is 20.3 Å². The molecule has 0 bridgehead atoms. The van der Waals surface area contributed by atoms with Gasteiger partial charge in [0, 0.05) is 17.5 Å². The van der Waals surface area contributed by atoms with Crippen molar-refractivity contribution in [1.82, 2.24) is 4.98 Å². The van der Waals surface area contributed by atoms with Gasteiger partial charge in [-0.05, 0) is 82.3 Å². The first-order chi connectivity index (χ1) is 14.0. The van der Waals surface area contributed by atoms with E-state index in [-0.39, 0.29) is 0 Å². The number of hydrogen-bond acceptors (Lipinski definition) is 5. The molecule has 0 amide bonds. The van der Waals surface area contributed by atoms with Gasteiger partial charge < -0.3 is 14.3 Å². The van der Waals surface area contributed by atoms with E-state index in [0.29, 0.717) is 13.2 Å². The molecule has 0 fully saturated rings. The van der Waals surface area contributed by atoms with Gasteiger partial charge >= 0.3 is 0 Å². The molecule has 1 heterocycles. The predicted octanol–water partition coefficient (Wildman–Crippen LogP) is 5.43. The van der Waals surface area contributed by atoms with Crippen LogP contribution in [-0.4, -0.2) is 31.0 Å². The minimum atomic E-state index is 0.587. The lowest BCUT2D eigenvalue weighted by Crippen LogP contribution is -2.03. The van der Waals surface area contributed by atoms with E-state index in [4.69, 9.17) is 14.3 Å². The number of oxime groups is 1. The molecule has 0 saturated heterocycles. The SMILES string of the molecule is C/C=C/COc1cc(C)c(OCCCCc2ccc(/C(C)=N/OC)cn2)c(C)c1. The van der Waals surface area contributed by atoms with Gasteiger partial charge in [0.15, 0.2) is 0 Å². The molecule has 0 atom stereocenters. The number of aryl methyl sites for hydroxylation is 3. The first-order valence-corrected chi connectivity index (χ1v) is 10.1. The number of benzene rings is 1. The third-order valence-corrected chi connectivity index (χ3v) is 4.56. The summed E-state index contributed by atoms with van der Waals surface area (Å²) in [6.07, 6.45) is 8.76. The Bertz CT molecular complexity index is 804. The van der Waals surface area contributed by atoms with Crippen LogP contribution in [0.3, 0.4) is 0 Å². The summed E-state index contributed by atoms with van der Waals surface area (Å²) in [6.45, 7) is 9.29. The van der Waals surface area contributed by atoms with Crippen molar-refractivity contribution >= 4 is 5.71 Å². The van der Waals surface area contributed by atoms with Crippen molar-refractivity contribution in [1.29, 1.82) is 0 Å². The molecule has 0 aliphatic carbocycles. The smallest absolute Gasteiger partial charge is 0.125 e. The normalized spacial score (nSPS) is 11.7. The van der Waals surface area contributed by atoms with Crippen molar-refractivity contribution in [2.24, 2.45) is 5.16 Å². The highest BCUT2D eigenvalue weighted by atomic mass is 16.6. The largest absolute Gasteiger partial charge is 0.493 e. The topological polar surface area (TPSA) is 52.9 Å². The molecule has 0 unspecified atom stereocenters. The molecule has 0 saturated carbocycles. The molecule has 5 heteroatoms. The van der Waals surface area contributed by atoms with Crippen LogP contribution in [0.5, 0.6) is 11.5 Å². The Morgan fingerprint density at radius 2 is 1.86 bits per heavy atom. The average Bonchev–Trinajstić information content (AvgIpc) is 2.70. The van der Waals surface area contributed by atoms with Crippen LogP contribution < -0.4 is 9.47 Å². The average molecular weight is 397 g/mol. The summed E-state index contributed by atoms with van der Waals surface area (Å²) in [5.74, 6) is 1.84. The highest BCUT2D eigenvalue weighted by Crippen LogP contribution is 2.28. The van der Waals surface area contributed by atoms with Crippen molar-refractivity contribution < 1.29 is 14.3 Å². The second-order valence-corrected chi connectivity index (χ2v) is 6.97. The molecule has 2 rings (SSSR count). The number of unbranched alkanes of at least 4 members (excludes halogenated alkanes) is 1. The molecule has 0 aliphatic heterocycles. The van der Waals surface area contributed by atoms with Gasteiger partial charge in [-0.1, -0.05) is 17.3 Å². The lowest BCUT2D eigenvalue weighted by atomic mass is 10.1. The van der Waals surface area contributed by atoms with Gasteiger partial charge in [-0.15, -0.1) is 0 Å². The van der Waals surface area contributed by atoms with Crippen molar-refractivity contribution in [3.63, 3.8) is 0 Å². The maximum Gasteiger partial charge on any atom is 0.125 e. The molecule has 1 aromatic heterocycles. The first kappa shape index (κ1) is 22.5. The number of aromatic nitrogens is 1. The molecule has 0 aliphatic rings. The highest BCUT2D eigenvalue weighted by Gasteiger charge is 2.07. The summed E-state index contributed by atoms with van der Waals surface area (Å²) in [5.41, 5.74) is 5.08. The van der Waals surface area contributed by atoms with Gasteiger partial charge in [0.25, 0.3) is 0 Å². The number of hydrogen-bond donors (Lipinski definition) is 0. The van der Waals surface area contributed by atoms with E-state index in [1.807, 2.05) is 56.5 Å². The third-order valence-electron chi connectivity index (χ3n) is 4.56. The van der Waals surface area contributed by atoms with E-state index in [9.17, 15) is 0 Å². The van der Waals surface area contributed by atoms with Crippen LogP contribution in [0.15, 0.2) is 47.8 Å². The number of allylic oxidation sites excluding steroid dienone is 1. The Morgan fingerprint density at radius 1 is 1.10 bits per heavy atom. The number of ether oxygens (including phenoxy) is 2. The lowest BCUT2D eigenvalue weighted by Gasteiger charge is -2.14. The Kier molecular flexibility index (Phi) is 9.22. The summed E-state index contributed by atoms with van der Waals surface area (Å²) >= 11 is 0. The van der Waals surface area contributed by atoms with Crippen molar-refractivity contribution in [3.8, 4) is 11.5 Å². The van der Waals surface area contributed by atoms with Crippen LogP contribution in [0.4, 0.5) is 0 Å². The monoisotopic (exact) mass is 396 g/mol. The quantitative estimate of drug-likeness (QED) is 0.220. The Labute approximate surface area is 174 Å². The van der Waals surface area contributed by atoms with Gasteiger partial charge in [0.2, 0.25) is 0 Å². The van der Waals surface area contributed by atoms with Gasteiger partial charge in [-0.2, -0.15) is 0 Å². The minimum absolute atomic E-state index is 0.587. The van der Waals surface area contributed by atoms with Gasteiger partial charge in [0.1, 0.15) is 25.2 Å². The molecule has 0 radical (unpaired) electrons. The van der Waals surface area contributed by atoms with Gasteiger partial charge in [-0.3, -0.25) is 4.98 Å². The number of nitrogens with zero attached hydrogens (tertiary/aromatic N) is 2. The van der Waals surface area contributed by atoms with E-state index in [0.717, 1.165) is 58.9 Å². The summed E-state index contributed by atoms with van der Waals surface area (Å²) in [5, 5.41) is 3.93. The first-order valence-electron chi connectivity index (χ1n) is 10.1. The lowest BCUT2D eigenvalue weighted by molar-refractivity contribution is 0.213. The standard InChI is InChI=1S/C24H32N2O3/c1-6-7-13-28-23-15-18(2)24(19(3)16-23)29-14-9-8-10-22-12-11-21(17-25-22)20(4)26-27-5/h6-7,11-12,15-17H,8-10,13-14H2,1-5H3/b7-6+,26-20+. The van der Waals surface area contributed by atoms with Gasteiger partial charge in [-0.25, -0.2) is 0 Å². The van der Waals surface area contributed by atoms with E-state index in [1.165, 1.54) is 0 Å². The summed E-state index contributed by atoms with van der Waals surface area (Å²) in [6, 6.07) is 8.15. The second kappa shape index (κ2) is 11.9. The molecule has 2 aromatic rings. The molecular formula is C24H32N2O3. The van der Waals surface area contributed by atoms with E-state index >= 15 is 0 Å². The Balaban J connectivity index is 1.78. The van der Waals surface area contributed by atoms with Crippen LogP contribution in [0.1, 0.15) is 49.1 Å². The van der Waals surface area contributed by atoms with E-state index in [1.54, 1.807) is 7.11 Å². The zero-order chi connectivity index (χ0) is 21.1.